The molecule has 3 rings (SSSR count). The fourth-order valence-corrected chi connectivity index (χ4v) is 2.80. The summed E-state index contributed by atoms with van der Waals surface area (Å²) in [5, 5.41) is 4.35. The van der Waals surface area contributed by atoms with Gasteiger partial charge < -0.3 is 5.73 Å². The molecule has 3 heteroatoms. The molecule has 2 N–H and O–H groups in total. The van der Waals surface area contributed by atoms with Gasteiger partial charge in [-0.2, -0.15) is 5.10 Å². The van der Waals surface area contributed by atoms with Crippen molar-refractivity contribution in [3.63, 3.8) is 0 Å². The maximum absolute atomic E-state index is 6.61. The van der Waals surface area contributed by atoms with Crippen molar-refractivity contribution in [1.29, 1.82) is 0 Å². The van der Waals surface area contributed by atoms with E-state index in [9.17, 15) is 0 Å². The maximum Gasteiger partial charge on any atom is 0.0540 e. The molecule has 1 aromatic carbocycles. The normalized spacial score (nSPS) is 22.8. The highest BCUT2D eigenvalue weighted by atomic mass is 15.3. The summed E-state index contributed by atoms with van der Waals surface area (Å²) < 4.78 is 1.95. The molecule has 1 unspecified atom stereocenters. The first-order valence-electron chi connectivity index (χ1n) is 6.60. The molecule has 0 bridgehead atoms. The minimum Gasteiger partial charge on any atom is -0.321 e. The summed E-state index contributed by atoms with van der Waals surface area (Å²) in [5.74, 6) is 0. The lowest BCUT2D eigenvalue weighted by molar-refractivity contribution is 0.385. The molecule has 0 saturated carbocycles. The zero-order chi connectivity index (χ0) is 12.6. The number of nitrogens with two attached hydrogens (primary N) is 1. The molecule has 0 spiro atoms. The summed E-state index contributed by atoms with van der Waals surface area (Å²) >= 11 is 0. The molecular weight excluding hydrogens is 222 g/mol. The van der Waals surface area contributed by atoms with E-state index in [1.807, 2.05) is 10.9 Å². The third-order valence-electron chi connectivity index (χ3n) is 4.00. The zero-order valence-electron chi connectivity index (χ0n) is 10.8. The topological polar surface area (TPSA) is 43.8 Å². The first kappa shape index (κ1) is 11.5. The number of aromatic nitrogens is 2. The fraction of sp³-hybridized carbons (Fsp3) is 0.400. The van der Waals surface area contributed by atoms with Crippen LogP contribution in [0.5, 0.6) is 0 Å². The zero-order valence-corrected chi connectivity index (χ0v) is 10.8. The second kappa shape index (κ2) is 4.25. The highest BCUT2D eigenvalue weighted by molar-refractivity contribution is 5.35. The van der Waals surface area contributed by atoms with E-state index in [2.05, 4.69) is 42.5 Å². The largest absolute Gasteiger partial charge is 0.321 e. The van der Waals surface area contributed by atoms with Crippen LogP contribution in [0, 0.1) is 0 Å². The van der Waals surface area contributed by atoms with E-state index in [-0.39, 0.29) is 5.54 Å². The Morgan fingerprint density at radius 3 is 2.83 bits per heavy atom. The number of hydrogen-bond acceptors (Lipinski definition) is 2. The average Bonchev–Trinajstić information content (AvgIpc) is 2.88. The standard InChI is InChI=1S/C15H19N3/c1-2-18-11-14(10-17-18)15(16)8-7-12-5-3-4-6-13(12)9-15/h3-6,10-11H,2,7-9,16H2,1H3. The lowest BCUT2D eigenvalue weighted by Gasteiger charge is -2.34. The van der Waals surface area contributed by atoms with Gasteiger partial charge in [0.25, 0.3) is 0 Å². The van der Waals surface area contributed by atoms with E-state index in [1.54, 1.807) is 0 Å². The maximum atomic E-state index is 6.61. The van der Waals surface area contributed by atoms with Crippen molar-refractivity contribution in [3.8, 4) is 0 Å². The predicted molar refractivity (Wildman–Crippen MR) is 72.2 cm³/mol. The highest BCUT2D eigenvalue weighted by Gasteiger charge is 2.33. The first-order valence-corrected chi connectivity index (χ1v) is 6.60. The summed E-state index contributed by atoms with van der Waals surface area (Å²) in [6.45, 7) is 2.99. The molecule has 18 heavy (non-hydrogen) atoms. The number of fused-ring (bicyclic) bond motifs is 1. The molecule has 3 nitrogen and oxygen atoms in total. The van der Waals surface area contributed by atoms with Crippen molar-refractivity contribution in [1.82, 2.24) is 9.78 Å². The van der Waals surface area contributed by atoms with Crippen molar-refractivity contribution in [2.24, 2.45) is 5.73 Å². The summed E-state index contributed by atoms with van der Waals surface area (Å²) in [4.78, 5) is 0. The summed E-state index contributed by atoms with van der Waals surface area (Å²) in [7, 11) is 0. The predicted octanol–water partition coefficient (Wildman–Crippen LogP) is 2.25. The van der Waals surface area contributed by atoms with E-state index in [0.717, 1.165) is 25.8 Å². The smallest absolute Gasteiger partial charge is 0.0540 e. The van der Waals surface area contributed by atoms with Gasteiger partial charge in [-0.05, 0) is 37.3 Å². The van der Waals surface area contributed by atoms with Gasteiger partial charge in [0.15, 0.2) is 0 Å². The van der Waals surface area contributed by atoms with Gasteiger partial charge >= 0.3 is 0 Å². The lowest BCUT2D eigenvalue weighted by atomic mass is 9.75. The number of benzene rings is 1. The summed E-state index contributed by atoms with van der Waals surface area (Å²) in [5.41, 5.74) is 10.4. The number of hydrogen-bond donors (Lipinski definition) is 1. The Labute approximate surface area is 108 Å². The minimum absolute atomic E-state index is 0.248. The van der Waals surface area contributed by atoms with Crippen LogP contribution in [0.15, 0.2) is 36.7 Å². The second-order valence-corrected chi connectivity index (χ2v) is 5.19. The Balaban J connectivity index is 1.93. The second-order valence-electron chi connectivity index (χ2n) is 5.19. The van der Waals surface area contributed by atoms with Gasteiger partial charge in [-0.25, -0.2) is 0 Å². The third-order valence-corrected chi connectivity index (χ3v) is 4.00. The van der Waals surface area contributed by atoms with Crippen LogP contribution in [0.25, 0.3) is 0 Å². The van der Waals surface area contributed by atoms with E-state index in [0.29, 0.717) is 0 Å². The molecule has 94 valence electrons. The van der Waals surface area contributed by atoms with Crippen LogP contribution in [-0.4, -0.2) is 9.78 Å². The number of aryl methyl sites for hydroxylation is 2. The molecule has 1 heterocycles. The van der Waals surface area contributed by atoms with E-state index >= 15 is 0 Å². The summed E-state index contributed by atoms with van der Waals surface area (Å²) in [6.07, 6.45) is 6.99. The van der Waals surface area contributed by atoms with Gasteiger partial charge in [-0.1, -0.05) is 24.3 Å². The van der Waals surface area contributed by atoms with Crippen LogP contribution in [0.1, 0.15) is 30.0 Å². The van der Waals surface area contributed by atoms with Crippen molar-refractivity contribution in [2.75, 3.05) is 0 Å². The van der Waals surface area contributed by atoms with Crippen molar-refractivity contribution in [3.05, 3.63) is 53.3 Å². The molecule has 0 radical (unpaired) electrons. The van der Waals surface area contributed by atoms with Crippen molar-refractivity contribution < 1.29 is 0 Å². The quantitative estimate of drug-likeness (QED) is 0.876. The number of rotatable bonds is 2. The third kappa shape index (κ3) is 1.85. The Morgan fingerprint density at radius 2 is 2.11 bits per heavy atom. The van der Waals surface area contributed by atoms with Gasteiger partial charge in [0.05, 0.1) is 6.20 Å². The van der Waals surface area contributed by atoms with Crippen molar-refractivity contribution in [2.45, 2.75) is 38.3 Å². The minimum atomic E-state index is -0.248. The van der Waals surface area contributed by atoms with Crippen LogP contribution in [0.2, 0.25) is 0 Å². The Hall–Kier alpha value is -1.61. The fourth-order valence-electron chi connectivity index (χ4n) is 2.80. The van der Waals surface area contributed by atoms with Crippen LogP contribution in [0.3, 0.4) is 0 Å². The molecule has 0 aliphatic heterocycles. The molecule has 0 saturated heterocycles. The molecule has 1 aromatic heterocycles. The van der Waals surface area contributed by atoms with Gasteiger partial charge in [-0.15, -0.1) is 0 Å². The van der Waals surface area contributed by atoms with Gasteiger partial charge in [0, 0.05) is 23.8 Å². The number of nitrogens with zero attached hydrogens (tertiary/aromatic N) is 2. The van der Waals surface area contributed by atoms with E-state index < -0.39 is 0 Å². The molecule has 1 aliphatic carbocycles. The molecule has 2 aromatic rings. The molecular formula is C15H19N3. The highest BCUT2D eigenvalue weighted by Crippen LogP contribution is 2.34. The van der Waals surface area contributed by atoms with Crippen LogP contribution >= 0.6 is 0 Å². The Bertz CT molecular complexity index is 558. The lowest BCUT2D eigenvalue weighted by Crippen LogP contribution is -2.41. The molecule has 0 amide bonds. The van der Waals surface area contributed by atoms with Gasteiger partial charge in [0.1, 0.15) is 0 Å². The van der Waals surface area contributed by atoms with Crippen LogP contribution < -0.4 is 5.73 Å². The molecule has 1 atom stereocenters. The Morgan fingerprint density at radius 1 is 1.33 bits per heavy atom. The van der Waals surface area contributed by atoms with Gasteiger partial charge in [-0.3, -0.25) is 4.68 Å². The molecule has 1 aliphatic rings. The summed E-state index contributed by atoms with van der Waals surface area (Å²) in [6, 6.07) is 8.61. The first-order chi connectivity index (χ1) is 8.71. The Kier molecular flexibility index (Phi) is 2.71. The molecule has 0 fully saturated rings. The van der Waals surface area contributed by atoms with Crippen molar-refractivity contribution >= 4 is 0 Å². The van der Waals surface area contributed by atoms with E-state index in [1.165, 1.54) is 16.7 Å². The van der Waals surface area contributed by atoms with Crippen LogP contribution in [0.4, 0.5) is 0 Å². The SMILES string of the molecule is CCn1cc(C2(N)CCc3ccccc3C2)cn1. The van der Waals surface area contributed by atoms with Gasteiger partial charge in [0.2, 0.25) is 0 Å². The monoisotopic (exact) mass is 241 g/mol. The van der Waals surface area contributed by atoms with Crippen LogP contribution in [-0.2, 0) is 24.9 Å². The van der Waals surface area contributed by atoms with E-state index in [4.69, 9.17) is 5.73 Å². The average molecular weight is 241 g/mol.